The van der Waals surface area contributed by atoms with Crippen LogP contribution < -0.4 is 14.2 Å². The summed E-state index contributed by atoms with van der Waals surface area (Å²) >= 11 is 0. The SMILES string of the molecule is COc1ccc(-n2cc(COc3ccc(OCC(=O)O)c(C)c3)nc2-c2ccc(C(F)(F)F)cc2)cc1. The predicted molar refractivity (Wildman–Crippen MR) is 129 cm³/mol. The van der Waals surface area contributed by atoms with Gasteiger partial charge in [0.25, 0.3) is 0 Å². The molecule has 1 N–H and O–H groups in total. The quantitative estimate of drug-likeness (QED) is 0.300. The average molecular weight is 512 g/mol. The maximum Gasteiger partial charge on any atom is 0.416 e. The first-order valence-corrected chi connectivity index (χ1v) is 11.1. The number of aromatic nitrogens is 2. The van der Waals surface area contributed by atoms with Gasteiger partial charge in [0.15, 0.2) is 6.61 Å². The summed E-state index contributed by atoms with van der Waals surface area (Å²) in [4.78, 5) is 15.4. The largest absolute Gasteiger partial charge is 0.497 e. The summed E-state index contributed by atoms with van der Waals surface area (Å²) in [6, 6.07) is 17.0. The number of rotatable bonds is 9. The van der Waals surface area contributed by atoms with Gasteiger partial charge in [-0.3, -0.25) is 4.57 Å². The Labute approximate surface area is 210 Å². The number of imidazole rings is 1. The van der Waals surface area contributed by atoms with Gasteiger partial charge < -0.3 is 19.3 Å². The number of halogens is 3. The number of methoxy groups -OCH3 is 1. The molecule has 0 saturated heterocycles. The van der Waals surface area contributed by atoms with Crippen molar-refractivity contribution in [1.29, 1.82) is 0 Å². The fraction of sp³-hybridized carbons (Fsp3) is 0.185. The molecule has 0 amide bonds. The molecule has 0 aliphatic heterocycles. The number of alkyl halides is 3. The van der Waals surface area contributed by atoms with E-state index in [0.717, 1.165) is 17.8 Å². The molecular formula is C27H23F3N2O5. The van der Waals surface area contributed by atoms with Gasteiger partial charge in [-0.2, -0.15) is 13.2 Å². The highest BCUT2D eigenvalue weighted by molar-refractivity contribution is 5.68. The zero-order chi connectivity index (χ0) is 26.6. The van der Waals surface area contributed by atoms with Gasteiger partial charge in [0.05, 0.1) is 18.4 Å². The molecule has 0 saturated carbocycles. The van der Waals surface area contributed by atoms with Crippen molar-refractivity contribution in [2.24, 2.45) is 0 Å². The van der Waals surface area contributed by atoms with Crippen molar-refractivity contribution >= 4 is 5.97 Å². The molecule has 1 aromatic heterocycles. The molecule has 3 aromatic carbocycles. The molecule has 0 spiro atoms. The molecule has 4 rings (SSSR count). The maximum atomic E-state index is 13.1. The second-order valence-electron chi connectivity index (χ2n) is 8.10. The summed E-state index contributed by atoms with van der Waals surface area (Å²) in [5, 5.41) is 8.78. The minimum absolute atomic E-state index is 0.0888. The molecule has 7 nitrogen and oxygen atoms in total. The minimum atomic E-state index is -4.44. The molecule has 0 aliphatic rings. The van der Waals surface area contributed by atoms with E-state index in [1.54, 1.807) is 55.1 Å². The molecule has 192 valence electrons. The van der Waals surface area contributed by atoms with Crippen LogP contribution in [0.2, 0.25) is 0 Å². The summed E-state index contributed by atoms with van der Waals surface area (Å²) in [6.07, 6.45) is -2.68. The lowest BCUT2D eigenvalue weighted by Crippen LogP contribution is -2.10. The minimum Gasteiger partial charge on any atom is -0.497 e. The van der Waals surface area contributed by atoms with Crippen molar-refractivity contribution in [3.05, 3.63) is 89.7 Å². The first kappa shape index (κ1) is 25.6. The van der Waals surface area contributed by atoms with E-state index in [-0.39, 0.29) is 6.61 Å². The van der Waals surface area contributed by atoms with Crippen LogP contribution in [0.25, 0.3) is 17.1 Å². The molecule has 37 heavy (non-hydrogen) atoms. The Kier molecular flexibility index (Phi) is 7.37. The predicted octanol–water partition coefficient (Wildman–Crippen LogP) is 5.92. The molecule has 10 heteroatoms. The van der Waals surface area contributed by atoms with Crippen molar-refractivity contribution in [1.82, 2.24) is 9.55 Å². The van der Waals surface area contributed by atoms with Crippen molar-refractivity contribution < 1.29 is 37.3 Å². The zero-order valence-electron chi connectivity index (χ0n) is 20.0. The zero-order valence-corrected chi connectivity index (χ0v) is 20.0. The first-order chi connectivity index (χ1) is 17.6. The number of carboxylic acids is 1. The number of hydrogen-bond donors (Lipinski definition) is 1. The highest BCUT2D eigenvalue weighted by atomic mass is 19.4. The van der Waals surface area contributed by atoms with E-state index in [9.17, 15) is 18.0 Å². The molecule has 0 bridgehead atoms. The smallest absolute Gasteiger partial charge is 0.416 e. The van der Waals surface area contributed by atoms with E-state index in [0.29, 0.717) is 39.9 Å². The number of benzene rings is 3. The van der Waals surface area contributed by atoms with Crippen molar-refractivity contribution in [3.63, 3.8) is 0 Å². The van der Waals surface area contributed by atoms with Gasteiger partial charge in [0.2, 0.25) is 0 Å². The van der Waals surface area contributed by atoms with Crippen molar-refractivity contribution in [3.8, 4) is 34.3 Å². The fourth-order valence-electron chi connectivity index (χ4n) is 3.62. The topological polar surface area (TPSA) is 82.8 Å². The third-order valence-corrected chi connectivity index (χ3v) is 5.46. The molecule has 0 aliphatic carbocycles. The number of aryl methyl sites for hydroxylation is 1. The average Bonchev–Trinajstić information content (AvgIpc) is 3.31. The number of hydrogen-bond acceptors (Lipinski definition) is 5. The third-order valence-electron chi connectivity index (χ3n) is 5.46. The molecule has 0 radical (unpaired) electrons. The monoisotopic (exact) mass is 512 g/mol. The van der Waals surface area contributed by atoms with Crippen LogP contribution in [0.1, 0.15) is 16.8 Å². The second-order valence-corrected chi connectivity index (χ2v) is 8.10. The Hall–Kier alpha value is -4.47. The first-order valence-electron chi connectivity index (χ1n) is 11.1. The van der Waals surface area contributed by atoms with E-state index in [1.165, 1.54) is 12.1 Å². The highest BCUT2D eigenvalue weighted by Crippen LogP contribution is 2.32. The standard InChI is InChI=1S/C27H23F3N2O5/c1-17-13-23(11-12-24(17)37-16-25(33)34)36-15-20-14-32(21-7-9-22(35-2)10-8-21)26(31-20)18-3-5-19(6-4-18)27(28,29)30/h3-14H,15-16H2,1-2H3,(H,33,34). The summed E-state index contributed by atoms with van der Waals surface area (Å²) in [7, 11) is 1.56. The normalized spacial score (nSPS) is 11.3. The van der Waals surface area contributed by atoms with Crippen molar-refractivity contribution in [2.75, 3.05) is 13.7 Å². The molecule has 0 atom stereocenters. The van der Waals surface area contributed by atoms with E-state index < -0.39 is 24.3 Å². The lowest BCUT2D eigenvalue weighted by molar-refractivity contribution is -0.139. The van der Waals surface area contributed by atoms with Gasteiger partial charge in [-0.05, 0) is 67.1 Å². The van der Waals surface area contributed by atoms with Gasteiger partial charge >= 0.3 is 12.1 Å². The Morgan fingerprint density at radius 2 is 1.65 bits per heavy atom. The van der Waals surface area contributed by atoms with E-state index in [1.807, 2.05) is 12.1 Å². The Bertz CT molecular complexity index is 1380. The highest BCUT2D eigenvalue weighted by Gasteiger charge is 2.30. The van der Waals surface area contributed by atoms with Crippen LogP contribution >= 0.6 is 0 Å². The number of nitrogens with zero attached hydrogens (tertiary/aromatic N) is 2. The summed E-state index contributed by atoms with van der Waals surface area (Å²) in [5.41, 5.74) is 1.76. The molecule has 0 fully saturated rings. The maximum absolute atomic E-state index is 13.1. The van der Waals surface area contributed by atoms with Gasteiger partial charge in [-0.15, -0.1) is 0 Å². The van der Waals surface area contributed by atoms with Crippen LogP contribution in [0, 0.1) is 6.92 Å². The van der Waals surface area contributed by atoms with Crippen LogP contribution in [0.4, 0.5) is 13.2 Å². The van der Waals surface area contributed by atoms with E-state index in [4.69, 9.17) is 19.3 Å². The summed E-state index contributed by atoms with van der Waals surface area (Å²) in [6.45, 7) is 1.41. The fourth-order valence-corrected chi connectivity index (χ4v) is 3.62. The molecule has 0 unspecified atom stereocenters. The van der Waals surface area contributed by atoms with Crippen LogP contribution in [-0.2, 0) is 17.6 Å². The van der Waals surface area contributed by atoms with Crippen LogP contribution in [0.5, 0.6) is 17.2 Å². The van der Waals surface area contributed by atoms with Gasteiger partial charge in [0, 0.05) is 17.4 Å². The Balaban J connectivity index is 1.60. The molecule has 4 aromatic rings. The van der Waals surface area contributed by atoms with Gasteiger partial charge in [-0.1, -0.05) is 12.1 Å². The Morgan fingerprint density at radius 1 is 0.973 bits per heavy atom. The van der Waals surface area contributed by atoms with E-state index in [2.05, 4.69) is 4.98 Å². The van der Waals surface area contributed by atoms with Crippen LogP contribution in [0.3, 0.4) is 0 Å². The third kappa shape index (κ3) is 6.21. The number of carboxylic acid groups (broad SMARTS) is 1. The summed E-state index contributed by atoms with van der Waals surface area (Å²) in [5.74, 6) is 0.996. The number of ether oxygens (including phenoxy) is 3. The van der Waals surface area contributed by atoms with E-state index >= 15 is 0 Å². The molecular weight excluding hydrogens is 489 g/mol. The number of aliphatic carboxylic acids is 1. The van der Waals surface area contributed by atoms with Crippen molar-refractivity contribution in [2.45, 2.75) is 19.7 Å². The lowest BCUT2D eigenvalue weighted by atomic mass is 10.1. The second kappa shape index (κ2) is 10.7. The van der Waals surface area contributed by atoms with Gasteiger partial charge in [0.1, 0.15) is 29.7 Å². The van der Waals surface area contributed by atoms with Crippen LogP contribution in [-0.4, -0.2) is 34.3 Å². The number of carbonyl (C=O) groups is 1. The lowest BCUT2D eigenvalue weighted by Gasteiger charge is -2.10. The van der Waals surface area contributed by atoms with Crippen LogP contribution in [0.15, 0.2) is 72.9 Å². The van der Waals surface area contributed by atoms with Gasteiger partial charge in [-0.25, -0.2) is 9.78 Å². The summed E-state index contributed by atoms with van der Waals surface area (Å²) < 4.78 is 57.2. The Morgan fingerprint density at radius 3 is 2.24 bits per heavy atom. The molecule has 1 heterocycles.